The topological polar surface area (TPSA) is 78.7 Å². The van der Waals surface area contributed by atoms with Crippen LogP contribution in [0, 0.1) is 11.3 Å². The summed E-state index contributed by atoms with van der Waals surface area (Å²) in [6, 6.07) is 1.96. The molecule has 1 aromatic rings. The van der Waals surface area contributed by atoms with Gasteiger partial charge in [0, 0.05) is 6.54 Å². The Labute approximate surface area is 156 Å². The van der Waals surface area contributed by atoms with E-state index >= 15 is 0 Å². The van der Waals surface area contributed by atoms with E-state index in [9.17, 15) is 10.1 Å². The van der Waals surface area contributed by atoms with Crippen LogP contribution in [0.15, 0.2) is 12.4 Å². The van der Waals surface area contributed by atoms with Crippen LogP contribution in [0.5, 0.6) is 0 Å². The third kappa shape index (κ3) is 9.40. The maximum absolute atomic E-state index is 12.1. The van der Waals surface area contributed by atoms with Crippen LogP contribution < -0.4 is 5.32 Å². The molecule has 0 aliphatic rings. The number of nitrogens with one attached hydrogen (secondary N) is 1. The summed E-state index contributed by atoms with van der Waals surface area (Å²) in [6.45, 7) is 2.82. The Bertz CT molecular complexity index is 544. The minimum Gasteiger partial charge on any atom is -0.355 e. The molecule has 1 atom stereocenters. The second-order valence-corrected chi connectivity index (χ2v) is 6.69. The van der Waals surface area contributed by atoms with Gasteiger partial charge in [-0.2, -0.15) is 5.26 Å². The number of hydrogen-bond donors (Lipinski definition) is 1. The minimum absolute atomic E-state index is 0.181. The largest absolute Gasteiger partial charge is 0.355 e. The molecule has 1 amide bonds. The standard InChI is InChI=1S/C19H29ClN4O/c1-2-3-4-5-6-7-8-9-10-11-12-23-19(25)16(13-21)17-14-22-15-18(20)24-17/h14-16H,2-12H2,1H3,(H,23,25). The number of nitrogens with zero attached hydrogens (tertiary/aromatic N) is 3. The molecule has 1 unspecified atom stereocenters. The molecule has 1 heterocycles. The Morgan fingerprint density at radius 1 is 1.12 bits per heavy atom. The predicted octanol–water partition coefficient (Wildman–Crippen LogP) is 4.77. The minimum atomic E-state index is -0.964. The summed E-state index contributed by atoms with van der Waals surface area (Å²) in [6.07, 6.45) is 15.3. The lowest BCUT2D eigenvalue weighted by molar-refractivity contribution is -0.121. The monoisotopic (exact) mass is 364 g/mol. The Morgan fingerprint density at radius 2 is 1.72 bits per heavy atom. The van der Waals surface area contributed by atoms with Gasteiger partial charge in [0.2, 0.25) is 5.91 Å². The number of amides is 1. The van der Waals surface area contributed by atoms with Crippen molar-refractivity contribution in [3.63, 3.8) is 0 Å². The second-order valence-electron chi connectivity index (χ2n) is 6.30. The van der Waals surface area contributed by atoms with Gasteiger partial charge in [-0.05, 0) is 6.42 Å². The van der Waals surface area contributed by atoms with E-state index in [2.05, 4.69) is 22.2 Å². The summed E-state index contributed by atoms with van der Waals surface area (Å²) in [5.74, 6) is -1.30. The van der Waals surface area contributed by atoms with Crippen LogP contribution in [-0.2, 0) is 4.79 Å². The summed E-state index contributed by atoms with van der Waals surface area (Å²) >= 11 is 5.76. The summed E-state index contributed by atoms with van der Waals surface area (Å²) in [5.41, 5.74) is 0.288. The van der Waals surface area contributed by atoms with Gasteiger partial charge in [0.25, 0.3) is 0 Å². The first kappa shape index (κ1) is 21.4. The van der Waals surface area contributed by atoms with E-state index in [0.29, 0.717) is 6.54 Å². The molecule has 0 bridgehead atoms. The average Bonchev–Trinajstić information content (AvgIpc) is 2.60. The zero-order valence-electron chi connectivity index (χ0n) is 15.1. The van der Waals surface area contributed by atoms with Crippen LogP contribution in [-0.4, -0.2) is 22.4 Å². The van der Waals surface area contributed by atoms with Crippen molar-refractivity contribution in [3.8, 4) is 6.07 Å². The van der Waals surface area contributed by atoms with Crippen molar-refractivity contribution < 1.29 is 4.79 Å². The molecule has 0 fully saturated rings. The van der Waals surface area contributed by atoms with Crippen LogP contribution in [0.4, 0.5) is 0 Å². The number of rotatable bonds is 13. The second kappa shape index (κ2) is 13.6. The first-order chi connectivity index (χ1) is 12.2. The van der Waals surface area contributed by atoms with E-state index in [0.717, 1.165) is 12.8 Å². The summed E-state index contributed by atoms with van der Waals surface area (Å²) in [7, 11) is 0. The molecule has 1 N–H and O–H groups in total. The van der Waals surface area contributed by atoms with Gasteiger partial charge in [-0.15, -0.1) is 0 Å². The number of hydrogen-bond acceptors (Lipinski definition) is 4. The summed E-state index contributed by atoms with van der Waals surface area (Å²) in [4.78, 5) is 20.0. The van der Waals surface area contributed by atoms with Gasteiger partial charge in [0.1, 0.15) is 5.15 Å². The van der Waals surface area contributed by atoms with Crippen molar-refractivity contribution >= 4 is 17.5 Å². The highest BCUT2D eigenvalue weighted by molar-refractivity contribution is 6.29. The Morgan fingerprint density at radius 3 is 2.28 bits per heavy atom. The van der Waals surface area contributed by atoms with Crippen molar-refractivity contribution in [2.24, 2.45) is 0 Å². The van der Waals surface area contributed by atoms with Gasteiger partial charge in [-0.1, -0.05) is 76.3 Å². The lowest BCUT2D eigenvalue weighted by Crippen LogP contribution is -2.30. The lowest BCUT2D eigenvalue weighted by atomic mass is 10.1. The predicted molar refractivity (Wildman–Crippen MR) is 100 cm³/mol. The van der Waals surface area contributed by atoms with Crippen molar-refractivity contribution in [1.82, 2.24) is 15.3 Å². The first-order valence-electron chi connectivity index (χ1n) is 9.33. The lowest BCUT2D eigenvalue weighted by Gasteiger charge is -2.09. The van der Waals surface area contributed by atoms with E-state index in [1.54, 1.807) is 0 Å². The molecule has 0 spiro atoms. The third-order valence-corrected chi connectivity index (χ3v) is 4.32. The smallest absolute Gasteiger partial charge is 0.243 e. The van der Waals surface area contributed by atoms with Crippen LogP contribution in [0.25, 0.3) is 0 Å². The maximum Gasteiger partial charge on any atom is 0.243 e. The van der Waals surface area contributed by atoms with E-state index in [1.165, 1.54) is 63.8 Å². The Kier molecular flexibility index (Phi) is 11.6. The third-order valence-electron chi connectivity index (χ3n) is 4.14. The molecule has 5 nitrogen and oxygen atoms in total. The van der Waals surface area contributed by atoms with Crippen LogP contribution in [0.1, 0.15) is 82.7 Å². The molecule has 0 aliphatic carbocycles. The van der Waals surface area contributed by atoms with Gasteiger partial charge >= 0.3 is 0 Å². The molecular weight excluding hydrogens is 336 g/mol. The zero-order valence-corrected chi connectivity index (χ0v) is 15.9. The van der Waals surface area contributed by atoms with E-state index in [-0.39, 0.29) is 16.8 Å². The number of nitriles is 1. The molecule has 1 rings (SSSR count). The Balaban J connectivity index is 2.11. The van der Waals surface area contributed by atoms with Gasteiger partial charge in [0.05, 0.1) is 24.2 Å². The van der Waals surface area contributed by atoms with Crippen molar-refractivity contribution in [2.75, 3.05) is 6.54 Å². The number of carbonyl (C=O) groups is 1. The molecule has 138 valence electrons. The molecule has 6 heteroatoms. The summed E-state index contributed by atoms with van der Waals surface area (Å²) in [5, 5.41) is 12.2. The van der Waals surface area contributed by atoms with E-state index in [4.69, 9.17) is 11.6 Å². The fraction of sp³-hybridized carbons (Fsp3) is 0.684. The van der Waals surface area contributed by atoms with Gasteiger partial charge in [0.15, 0.2) is 5.92 Å². The fourth-order valence-electron chi connectivity index (χ4n) is 2.68. The van der Waals surface area contributed by atoms with Gasteiger partial charge in [-0.25, -0.2) is 4.98 Å². The van der Waals surface area contributed by atoms with Gasteiger partial charge < -0.3 is 5.32 Å². The number of unbranched alkanes of at least 4 members (excludes halogenated alkanes) is 9. The van der Waals surface area contributed by atoms with Crippen LogP contribution >= 0.6 is 11.6 Å². The van der Waals surface area contributed by atoms with Gasteiger partial charge in [-0.3, -0.25) is 9.78 Å². The molecule has 25 heavy (non-hydrogen) atoms. The average molecular weight is 365 g/mol. The molecular formula is C19H29ClN4O. The number of aromatic nitrogens is 2. The molecule has 1 aromatic heterocycles. The highest BCUT2D eigenvalue weighted by Gasteiger charge is 2.21. The molecule has 0 saturated heterocycles. The number of carbonyl (C=O) groups excluding carboxylic acids is 1. The highest BCUT2D eigenvalue weighted by atomic mass is 35.5. The molecule has 0 saturated carbocycles. The molecule has 0 aliphatic heterocycles. The van der Waals surface area contributed by atoms with Crippen molar-refractivity contribution in [2.45, 2.75) is 77.0 Å². The zero-order chi connectivity index (χ0) is 18.3. The quantitative estimate of drug-likeness (QED) is 0.511. The SMILES string of the molecule is CCCCCCCCCCCCNC(=O)C(C#N)c1cncc(Cl)n1. The van der Waals surface area contributed by atoms with Crippen LogP contribution in [0.2, 0.25) is 5.15 Å². The fourth-order valence-corrected chi connectivity index (χ4v) is 2.83. The van der Waals surface area contributed by atoms with E-state index in [1.807, 2.05) is 6.07 Å². The first-order valence-corrected chi connectivity index (χ1v) is 9.71. The normalized spacial score (nSPS) is 11.7. The summed E-state index contributed by atoms with van der Waals surface area (Å²) < 4.78 is 0. The highest BCUT2D eigenvalue weighted by Crippen LogP contribution is 2.14. The van der Waals surface area contributed by atoms with Crippen molar-refractivity contribution in [3.05, 3.63) is 23.2 Å². The number of halogens is 1. The Hall–Kier alpha value is -1.67. The van der Waals surface area contributed by atoms with Crippen LogP contribution in [0.3, 0.4) is 0 Å². The maximum atomic E-state index is 12.1. The van der Waals surface area contributed by atoms with Crippen molar-refractivity contribution in [1.29, 1.82) is 5.26 Å². The molecule has 0 aromatic carbocycles. The molecule has 0 radical (unpaired) electrons. The van der Waals surface area contributed by atoms with E-state index < -0.39 is 5.92 Å².